The van der Waals surface area contributed by atoms with Gasteiger partial charge in [0.1, 0.15) is 12.2 Å². The van der Waals surface area contributed by atoms with Crippen molar-refractivity contribution in [3.8, 4) is 11.1 Å². The van der Waals surface area contributed by atoms with Crippen molar-refractivity contribution in [2.45, 2.75) is 38.5 Å². The van der Waals surface area contributed by atoms with Crippen molar-refractivity contribution in [2.24, 2.45) is 0 Å². The summed E-state index contributed by atoms with van der Waals surface area (Å²) in [7, 11) is 0. The van der Waals surface area contributed by atoms with Crippen molar-refractivity contribution in [3.05, 3.63) is 71.3 Å². The highest BCUT2D eigenvalue weighted by atomic mass is 16.6. The van der Waals surface area contributed by atoms with E-state index in [1.165, 1.54) is 22.3 Å². The lowest BCUT2D eigenvalue weighted by atomic mass is 9.98. The summed E-state index contributed by atoms with van der Waals surface area (Å²) in [6, 6.07) is 16.6. The molecule has 0 saturated heterocycles. The van der Waals surface area contributed by atoms with Crippen molar-refractivity contribution in [2.75, 3.05) is 13.2 Å². The second-order valence-electron chi connectivity index (χ2n) is 8.38. The third kappa shape index (κ3) is 3.06. The molecule has 30 heavy (non-hydrogen) atoms. The Kier molecular flexibility index (Phi) is 4.36. The third-order valence-corrected chi connectivity index (χ3v) is 5.89. The molecular weight excluding hydrogens is 380 g/mol. The fraction of sp³-hybridized carbons (Fsp3) is 0.348. The Balaban J connectivity index is 1.30. The number of ether oxygens (including phenoxy) is 1. The van der Waals surface area contributed by atoms with E-state index >= 15 is 0 Å². The largest absolute Gasteiger partial charge is 0.448 e. The normalized spacial score (nSPS) is 15.5. The maximum atomic E-state index is 12.8. The van der Waals surface area contributed by atoms with Gasteiger partial charge in [-0.3, -0.25) is 4.90 Å². The van der Waals surface area contributed by atoms with Crippen LogP contribution in [0.2, 0.25) is 0 Å². The maximum Gasteiger partial charge on any atom is 0.410 e. The van der Waals surface area contributed by atoms with Crippen LogP contribution >= 0.6 is 0 Å². The number of hydrogen-bond donors (Lipinski definition) is 1. The average Bonchev–Trinajstić information content (AvgIpc) is 3.31. The van der Waals surface area contributed by atoms with Gasteiger partial charge in [-0.25, -0.2) is 4.79 Å². The van der Waals surface area contributed by atoms with Crippen molar-refractivity contribution in [1.29, 1.82) is 0 Å². The van der Waals surface area contributed by atoms with Crippen molar-refractivity contribution in [3.63, 3.8) is 0 Å². The Hall–Kier alpha value is -3.19. The summed E-state index contributed by atoms with van der Waals surface area (Å²) in [6.45, 7) is 5.01. The first kappa shape index (κ1) is 18.8. The van der Waals surface area contributed by atoms with Gasteiger partial charge in [-0.2, -0.15) is 0 Å². The van der Waals surface area contributed by atoms with Crippen LogP contribution in [0.1, 0.15) is 42.5 Å². The molecule has 0 bridgehead atoms. The summed E-state index contributed by atoms with van der Waals surface area (Å²) in [6.07, 6.45) is -0.351. The molecule has 0 saturated carbocycles. The van der Waals surface area contributed by atoms with E-state index in [9.17, 15) is 9.90 Å². The lowest BCUT2D eigenvalue weighted by Gasteiger charge is -2.29. The summed E-state index contributed by atoms with van der Waals surface area (Å²) in [5, 5.41) is 18.5. The molecule has 2 aliphatic rings. The van der Waals surface area contributed by atoms with Crippen LogP contribution in [-0.2, 0) is 23.4 Å². The van der Waals surface area contributed by atoms with Gasteiger partial charge in [0, 0.05) is 19.0 Å². The van der Waals surface area contributed by atoms with Gasteiger partial charge in [0.05, 0.1) is 6.54 Å². The molecule has 0 radical (unpaired) electrons. The number of hydrogen-bond acceptors (Lipinski definition) is 5. The van der Waals surface area contributed by atoms with E-state index in [1.54, 1.807) is 18.7 Å². The second kappa shape index (κ2) is 6.95. The van der Waals surface area contributed by atoms with Crippen LogP contribution in [0.4, 0.5) is 4.79 Å². The van der Waals surface area contributed by atoms with E-state index < -0.39 is 5.60 Å². The SMILES string of the molecule is CC(C)(O)c1nnc2n1CCN(C(=O)OCC1c3ccccc3-c3ccccc31)C2. The summed E-state index contributed by atoms with van der Waals surface area (Å²) in [5.41, 5.74) is 3.73. The van der Waals surface area contributed by atoms with Crippen LogP contribution in [0.3, 0.4) is 0 Å². The fourth-order valence-electron chi connectivity index (χ4n) is 4.45. The first-order valence-corrected chi connectivity index (χ1v) is 10.2. The standard InChI is InChI=1S/C23H24N4O3/c1-23(2,29)21-25-24-20-13-26(11-12-27(20)21)22(28)30-14-19-17-9-5-3-7-15(17)16-8-4-6-10-18(16)19/h3-10,19,29H,11-14H2,1-2H3. The molecule has 1 aliphatic carbocycles. The van der Waals surface area contributed by atoms with E-state index in [0.29, 0.717) is 37.9 Å². The quantitative estimate of drug-likeness (QED) is 0.725. The molecule has 7 heteroatoms. The predicted molar refractivity (Wildman–Crippen MR) is 111 cm³/mol. The van der Waals surface area contributed by atoms with Gasteiger partial charge in [-0.05, 0) is 36.1 Å². The van der Waals surface area contributed by atoms with E-state index in [-0.39, 0.29) is 12.0 Å². The molecular formula is C23H24N4O3. The third-order valence-electron chi connectivity index (χ3n) is 5.89. The number of aliphatic hydroxyl groups is 1. The molecule has 2 aromatic carbocycles. The Morgan fingerprint density at radius 3 is 2.33 bits per heavy atom. The highest BCUT2D eigenvalue weighted by Crippen LogP contribution is 2.44. The first-order chi connectivity index (χ1) is 14.4. The van der Waals surface area contributed by atoms with Crippen LogP contribution in [0.15, 0.2) is 48.5 Å². The minimum absolute atomic E-state index is 0.0385. The van der Waals surface area contributed by atoms with Gasteiger partial charge < -0.3 is 14.4 Å². The number of rotatable bonds is 3. The molecule has 2 heterocycles. The minimum atomic E-state index is -1.07. The number of nitrogens with zero attached hydrogens (tertiary/aromatic N) is 4. The second-order valence-corrected chi connectivity index (χ2v) is 8.38. The Bertz CT molecular complexity index is 1070. The lowest BCUT2D eigenvalue weighted by Crippen LogP contribution is -2.40. The van der Waals surface area contributed by atoms with Crippen LogP contribution in [0, 0.1) is 0 Å². The van der Waals surface area contributed by atoms with Gasteiger partial charge >= 0.3 is 6.09 Å². The summed E-state index contributed by atoms with van der Waals surface area (Å²) >= 11 is 0. The summed E-state index contributed by atoms with van der Waals surface area (Å²) in [4.78, 5) is 14.4. The van der Waals surface area contributed by atoms with Crippen molar-refractivity contribution >= 4 is 6.09 Å². The number of benzene rings is 2. The van der Waals surface area contributed by atoms with Crippen molar-refractivity contribution in [1.82, 2.24) is 19.7 Å². The van der Waals surface area contributed by atoms with E-state index in [0.717, 1.165) is 0 Å². The molecule has 7 nitrogen and oxygen atoms in total. The molecule has 1 aromatic heterocycles. The Morgan fingerprint density at radius 2 is 1.70 bits per heavy atom. The van der Waals surface area contributed by atoms with Gasteiger partial charge in [-0.15, -0.1) is 10.2 Å². The highest BCUT2D eigenvalue weighted by Gasteiger charge is 2.33. The zero-order valence-corrected chi connectivity index (χ0v) is 17.1. The molecule has 0 atom stereocenters. The van der Waals surface area contributed by atoms with E-state index in [4.69, 9.17) is 4.74 Å². The van der Waals surface area contributed by atoms with Crippen LogP contribution in [0.5, 0.6) is 0 Å². The number of aromatic nitrogens is 3. The first-order valence-electron chi connectivity index (χ1n) is 10.2. The smallest absolute Gasteiger partial charge is 0.410 e. The van der Waals surface area contributed by atoms with Gasteiger partial charge in [0.25, 0.3) is 0 Å². The number of fused-ring (bicyclic) bond motifs is 4. The number of amides is 1. The number of carbonyl (C=O) groups is 1. The molecule has 1 aliphatic heterocycles. The van der Waals surface area contributed by atoms with E-state index in [2.05, 4.69) is 34.5 Å². The minimum Gasteiger partial charge on any atom is -0.448 e. The zero-order valence-electron chi connectivity index (χ0n) is 17.1. The molecule has 5 rings (SSSR count). The molecule has 0 unspecified atom stereocenters. The molecule has 0 fully saturated rings. The monoisotopic (exact) mass is 404 g/mol. The number of carbonyl (C=O) groups excluding carboxylic acids is 1. The lowest BCUT2D eigenvalue weighted by molar-refractivity contribution is 0.0599. The topological polar surface area (TPSA) is 80.5 Å². The molecule has 1 amide bonds. The Labute approximate surface area is 174 Å². The van der Waals surface area contributed by atoms with Gasteiger partial charge in [-0.1, -0.05) is 48.5 Å². The fourth-order valence-corrected chi connectivity index (χ4v) is 4.45. The maximum absolute atomic E-state index is 12.8. The highest BCUT2D eigenvalue weighted by molar-refractivity contribution is 5.79. The van der Waals surface area contributed by atoms with E-state index in [1.807, 2.05) is 28.8 Å². The van der Waals surface area contributed by atoms with Crippen molar-refractivity contribution < 1.29 is 14.6 Å². The molecule has 3 aromatic rings. The molecule has 1 N–H and O–H groups in total. The predicted octanol–water partition coefficient (Wildman–Crippen LogP) is 3.27. The average molecular weight is 404 g/mol. The van der Waals surface area contributed by atoms with Gasteiger partial charge in [0.2, 0.25) is 0 Å². The Morgan fingerprint density at radius 1 is 1.07 bits per heavy atom. The van der Waals surface area contributed by atoms with Crippen LogP contribution in [-0.4, -0.2) is 44.0 Å². The summed E-state index contributed by atoms with van der Waals surface area (Å²) in [5.74, 6) is 1.22. The van der Waals surface area contributed by atoms with Crippen LogP contribution in [0.25, 0.3) is 11.1 Å². The zero-order chi connectivity index (χ0) is 20.9. The van der Waals surface area contributed by atoms with Crippen LogP contribution < -0.4 is 0 Å². The molecule has 154 valence electrons. The summed E-state index contributed by atoms with van der Waals surface area (Å²) < 4.78 is 7.63. The van der Waals surface area contributed by atoms with Gasteiger partial charge in [0.15, 0.2) is 11.6 Å². The molecule has 0 spiro atoms.